The molecular formula is C62H46N8OPt2S-6. The van der Waals surface area contributed by atoms with E-state index in [-0.39, 0.29) is 42.1 Å². The van der Waals surface area contributed by atoms with Gasteiger partial charge in [-0.1, -0.05) is 90.4 Å². The Bertz CT molecular complexity index is 3430. The Labute approximate surface area is 464 Å². The number of hydrogen-bond donors (Lipinski definition) is 0. The van der Waals surface area contributed by atoms with Crippen molar-refractivity contribution in [2.24, 2.45) is 0 Å². The summed E-state index contributed by atoms with van der Waals surface area (Å²) in [4.78, 5) is 22.5. The van der Waals surface area contributed by atoms with Crippen LogP contribution < -0.4 is 19.6 Å². The molecule has 12 heteroatoms. The fourth-order valence-electron chi connectivity index (χ4n) is 9.85. The predicted octanol–water partition coefficient (Wildman–Crippen LogP) is 14.5. The van der Waals surface area contributed by atoms with Gasteiger partial charge in [0.05, 0.1) is 11.0 Å². The van der Waals surface area contributed by atoms with Crippen molar-refractivity contribution in [3.05, 3.63) is 242 Å². The molecule has 4 aliphatic rings. The molecule has 0 bridgehead atoms. The summed E-state index contributed by atoms with van der Waals surface area (Å²) in [5.41, 5.74) is 18.0. The Morgan fingerprint density at radius 3 is 1.53 bits per heavy atom. The van der Waals surface area contributed by atoms with E-state index in [9.17, 15) is 0 Å². The number of para-hydroxylation sites is 5. The molecule has 0 saturated heterocycles. The van der Waals surface area contributed by atoms with E-state index in [2.05, 4.69) is 184 Å². The van der Waals surface area contributed by atoms with Gasteiger partial charge < -0.3 is 33.8 Å². The van der Waals surface area contributed by atoms with Crippen LogP contribution in [-0.2, 0) is 67.8 Å². The van der Waals surface area contributed by atoms with E-state index in [1.54, 1.807) is 11.3 Å². The van der Waals surface area contributed by atoms with Gasteiger partial charge in [-0.3, -0.25) is 9.97 Å². The van der Waals surface area contributed by atoms with E-state index in [1.807, 2.05) is 79.5 Å². The van der Waals surface area contributed by atoms with Crippen LogP contribution in [-0.4, -0.2) is 33.9 Å². The number of benzene rings is 8. The molecule has 8 aromatic carbocycles. The molecule has 4 aliphatic heterocycles. The maximum absolute atomic E-state index is 6.09. The molecule has 0 amide bonds. The van der Waals surface area contributed by atoms with E-state index < -0.39 is 0 Å². The minimum absolute atomic E-state index is 0. The van der Waals surface area contributed by atoms with Crippen molar-refractivity contribution >= 4 is 78.2 Å². The number of aryl methyl sites for hydroxylation is 4. The number of rotatable bonds is 6. The van der Waals surface area contributed by atoms with Crippen LogP contribution in [0.25, 0.3) is 43.3 Å². The van der Waals surface area contributed by atoms with Crippen LogP contribution in [0, 0.1) is 37.6 Å². The van der Waals surface area contributed by atoms with Crippen molar-refractivity contribution in [1.82, 2.24) is 19.8 Å². The zero-order valence-corrected chi connectivity index (χ0v) is 45.7. The molecule has 9 nitrogen and oxygen atoms in total. The number of fused-ring (bicyclic) bond motifs is 6. The van der Waals surface area contributed by atoms with Gasteiger partial charge in [-0.15, -0.1) is 101 Å². The molecule has 0 spiro atoms. The Hall–Kier alpha value is -7.22. The van der Waals surface area contributed by atoms with Gasteiger partial charge in [0.25, 0.3) is 0 Å². The zero-order valence-electron chi connectivity index (χ0n) is 40.3. The normalized spacial score (nSPS) is 14.4. The van der Waals surface area contributed by atoms with E-state index in [0.29, 0.717) is 5.89 Å². The number of aromatic nitrogens is 2. The van der Waals surface area contributed by atoms with Crippen LogP contribution in [0.5, 0.6) is 0 Å². The van der Waals surface area contributed by atoms with Crippen molar-refractivity contribution in [1.29, 1.82) is 0 Å². The maximum atomic E-state index is 6.09. The average Bonchev–Trinajstić information content (AvgIpc) is 4.23. The minimum Gasteiger partial charge on any atom is -0.510 e. The van der Waals surface area contributed by atoms with Crippen molar-refractivity contribution in [3.63, 3.8) is 0 Å². The second-order valence-corrected chi connectivity index (χ2v) is 19.2. The van der Waals surface area contributed by atoms with E-state index >= 15 is 0 Å². The van der Waals surface area contributed by atoms with Crippen LogP contribution >= 0.6 is 11.3 Å². The number of thiazole rings is 1. The Kier molecular flexibility index (Phi) is 13.9. The summed E-state index contributed by atoms with van der Waals surface area (Å²) in [7, 11) is 4.05. The topological polar surface area (TPSA) is 58.4 Å². The van der Waals surface area contributed by atoms with Crippen LogP contribution in [0.15, 0.2) is 187 Å². The van der Waals surface area contributed by atoms with Gasteiger partial charge in [0.15, 0.2) is 0 Å². The molecule has 10 aromatic rings. The molecule has 0 saturated carbocycles. The summed E-state index contributed by atoms with van der Waals surface area (Å²) in [6.45, 7) is 4.09. The molecule has 6 heterocycles. The van der Waals surface area contributed by atoms with Gasteiger partial charge in [0, 0.05) is 63.2 Å². The Balaban J connectivity index is 0.000000155. The molecule has 0 fully saturated rings. The molecule has 0 unspecified atom stereocenters. The van der Waals surface area contributed by atoms with Crippen LogP contribution in [0.2, 0.25) is 0 Å². The van der Waals surface area contributed by atoms with E-state index in [4.69, 9.17) is 14.4 Å². The molecule has 0 atom stereocenters. The van der Waals surface area contributed by atoms with Crippen LogP contribution in [0.3, 0.4) is 0 Å². The smallest absolute Gasteiger partial charge is 0.141 e. The summed E-state index contributed by atoms with van der Waals surface area (Å²) >= 11 is 1.72. The fraction of sp³-hybridized carbons (Fsp3) is 0.0968. The van der Waals surface area contributed by atoms with E-state index in [1.165, 1.54) is 32.6 Å². The zero-order chi connectivity index (χ0) is 48.1. The third kappa shape index (κ3) is 9.47. The van der Waals surface area contributed by atoms with Gasteiger partial charge in [0.2, 0.25) is 0 Å². The quantitative estimate of drug-likeness (QED) is 0.152. The van der Waals surface area contributed by atoms with Gasteiger partial charge in [-0.05, 0) is 111 Å². The number of anilines is 8. The Morgan fingerprint density at radius 1 is 0.459 bits per heavy atom. The van der Waals surface area contributed by atoms with Crippen LogP contribution in [0.1, 0.15) is 22.3 Å². The molecule has 372 valence electrons. The third-order valence-corrected chi connectivity index (χ3v) is 14.5. The number of oxazole rings is 1. The summed E-state index contributed by atoms with van der Waals surface area (Å²) in [5.74, 6) is 0.578. The molecule has 14 rings (SSSR count). The predicted molar refractivity (Wildman–Crippen MR) is 291 cm³/mol. The van der Waals surface area contributed by atoms with Crippen LogP contribution in [0.4, 0.5) is 45.5 Å². The van der Waals surface area contributed by atoms with Crippen molar-refractivity contribution in [3.8, 4) is 22.0 Å². The van der Waals surface area contributed by atoms with Gasteiger partial charge in [0.1, 0.15) is 11.5 Å². The molecule has 0 N–H and O–H groups in total. The average molecular weight is 1340 g/mol. The summed E-state index contributed by atoms with van der Waals surface area (Å²) in [6, 6.07) is 69.5. The minimum atomic E-state index is 0. The first-order chi connectivity index (χ1) is 35.5. The first kappa shape index (κ1) is 49.0. The Morgan fingerprint density at radius 2 is 0.959 bits per heavy atom. The second kappa shape index (κ2) is 21.0. The number of nitrogens with zero attached hydrogens (tertiary/aromatic N) is 8. The third-order valence-electron chi connectivity index (χ3n) is 13.4. The van der Waals surface area contributed by atoms with E-state index in [0.717, 1.165) is 98.2 Å². The number of hydrogen-bond acceptors (Lipinski definition) is 10. The first-order valence-corrected chi connectivity index (χ1v) is 25.0. The molecule has 74 heavy (non-hydrogen) atoms. The summed E-state index contributed by atoms with van der Waals surface area (Å²) in [6.07, 6.45) is 12.0. The largest absolute Gasteiger partial charge is 0.510 e. The molecular weight excluding hydrogens is 1290 g/mol. The monoisotopic (exact) mass is 1340 g/mol. The van der Waals surface area contributed by atoms with Crippen molar-refractivity contribution < 1.29 is 46.5 Å². The molecule has 0 radical (unpaired) electrons. The maximum Gasteiger partial charge on any atom is 0.141 e. The van der Waals surface area contributed by atoms with Crippen molar-refractivity contribution in [2.45, 2.75) is 25.7 Å². The van der Waals surface area contributed by atoms with Crippen molar-refractivity contribution in [2.75, 3.05) is 33.7 Å². The first-order valence-electron chi connectivity index (χ1n) is 24.2. The summed E-state index contributed by atoms with van der Waals surface area (Å²) in [5, 5.41) is 0.994. The van der Waals surface area contributed by atoms with Gasteiger partial charge in [-0.25, -0.2) is 0 Å². The fourth-order valence-corrected chi connectivity index (χ4v) is 10.8. The molecule has 2 aromatic heterocycles. The second-order valence-electron chi connectivity index (χ2n) is 18.2. The summed E-state index contributed by atoms with van der Waals surface area (Å²) < 4.78 is 7.29. The van der Waals surface area contributed by atoms with Gasteiger partial charge in [-0.2, -0.15) is 36.8 Å². The van der Waals surface area contributed by atoms with Gasteiger partial charge >= 0.3 is 0 Å². The standard InChI is InChI=1S/C31H23N4O.C31H23N4S.2Pt/c2*1-33-17-18-34(21-33)25-8-6-9-26(20-25)35-28-11-4-2-7-22(28)13-14-23-15-16-24(19-29(23)35)31-32-27-10-3-5-12-30(27)36-31;;/h2*2-12,15-18,21H,13-14H2,1H3;;/q2*-3;;. The SMILES string of the molecule is CN1C=CN(c2[c-]c(N3c4[c-]c(-c5nc6ccccc6o5)ccc4CCc4ccccc43)ccc2)[CH-]1.CN1C=CN(c2[c-]c(N3c4[c-]c(-c5nc6ccccc6s5)ccc4CCc4ccccc43)ccc2)[CH-]1.[Pt].[Pt]. The molecule has 0 aliphatic carbocycles.